The van der Waals surface area contributed by atoms with Crippen LogP contribution in [-0.2, 0) is 9.53 Å². The second-order valence-corrected chi connectivity index (χ2v) is 7.65. The Morgan fingerprint density at radius 3 is 2.42 bits per heavy atom. The highest BCUT2D eigenvalue weighted by Gasteiger charge is 2.35. The topological polar surface area (TPSA) is 97.0 Å². The van der Waals surface area contributed by atoms with Crippen LogP contribution in [0.25, 0.3) is 0 Å². The van der Waals surface area contributed by atoms with Crippen LogP contribution in [0.5, 0.6) is 5.75 Å². The normalized spacial score (nSPS) is 15.7. The van der Waals surface area contributed by atoms with E-state index in [2.05, 4.69) is 10.6 Å². The molecule has 33 heavy (non-hydrogen) atoms. The summed E-state index contributed by atoms with van der Waals surface area (Å²) >= 11 is 0. The number of nitrogens with one attached hydrogen (secondary N) is 2. The largest absolute Gasteiger partial charge is 0.496 e. The SMILES string of the molecule is CCCCN1C(=O)NC(c2ccc(NC(=O)c3ccccc3OC)cc2)C(C(=O)OC)=C1C. The van der Waals surface area contributed by atoms with Crippen molar-refractivity contribution in [2.45, 2.75) is 32.7 Å². The molecule has 8 heteroatoms. The summed E-state index contributed by atoms with van der Waals surface area (Å²) < 4.78 is 10.3. The number of hydrogen-bond acceptors (Lipinski definition) is 5. The van der Waals surface area contributed by atoms with Crippen LogP contribution >= 0.6 is 0 Å². The summed E-state index contributed by atoms with van der Waals surface area (Å²) in [6.07, 6.45) is 1.75. The number of hydrogen-bond donors (Lipinski definition) is 2. The predicted molar refractivity (Wildman–Crippen MR) is 125 cm³/mol. The number of ether oxygens (including phenoxy) is 2. The van der Waals surface area contributed by atoms with E-state index in [1.54, 1.807) is 60.4 Å². The molecule has 1 heterocycles. The summed E-state index contributed by atoms with van der Waals surface area (Å²) in [7, 11) is 2.83. The standard InChI is InChI=1S/C25H29N3O5/c1-5-6-15-28-16(2)21(24(30)33-4)22(27-25(28)31)17-11-13-18(14-12-17)26-23(29)19-9-7-8-10-20(19)32-3/h7-14,22H,5-6,15H2,1-4H3,(H,26,29)(H,27,31). The lowest BCUT2D eigenvalue weighted by atomic mass is 9.94. The number of anilines is 1. The second kappa shape index (κ2) is 10.7. The summed E-state index contributed by atoms with van der Waals surface area (Å²) in [4.78, 5) is 39.6. The van der Waals surface area contributed by atoms with Gasteiger partial charge in [0.05, 0.1) is 31.4 Å². The number of carbonyl (C=O) groups excluding carboxylic acids is 3. The van der Waals surface area contributed by atoms with Gasteiger partial charge in [-0.25, -0.2) is 9.59 Å². The van der Waals surface area contributed by atoms with Gasteiger partial charge in [0.15, 0.2) is 0 Å². The second-order valence-electron chi connectivity index (χ2n) is 7.65. The van der Waals surface area contributed by atoms with Gasteiger partial charge in [-0.15, -0.1) is 0 Å². The molecule has 0 fully saturated rings. The molecule has 1 aliphatic heterocycles. The van der Waals surface area contributed by atoms with E-state index in [1.807, 2.05) is 6.92 Å². The third kappa shape index (κ3) is 5.16. The minimum Gasteiger partial charge on any atom is -0.496 e. The first-order valence-electron chi connectivity index (χ1n) is 10.8. The molecule has 1 unspecified atom stereocenters. The fraction of sp³-hybridized carbons (Fsp3) is 0.320. The lowest BCUT2D eigenvalue weighted by Gasteiger charge is -2.35. The first-order chi connectivity index (χ1) is 15.9. The Bertz CT molecular complexity index is 1060. The van der Waals surface area contributed by atoms with Crippen LogP contribution in [0.15, 0.2) is 59.8 Å². The minimum absolute atomic E-state index is 0.257. The molecule has 0 bridgehead atoms. The molecule has 0 saturated carbocycles. The molecule has 8 nitrogen and oxygen atoms in total. The van der Waals surface area contributed by atoms with E-state index in [9.17, 15) is 14.4 Å². The van der Waals surface area contributed by atoms with Gasteiger partial charge in [-0.1, -0.05) is 37.6 Å². The monoisotopic (exact) mass is 451 g/mol. The van der Waals surface area contributed by atoms with E-state index in [4.69, 9.17) is 9.47 Å². The van der Waals surface area contributed by atoms with E-state index in [0.29, 0.717) is 40.4 Å². The van der Waals surface area contributed by atoms with Crippen molar-refractivity contribution in [1.29, 1.82) is 0 Å². The van der Waals surface area contributed by atoms with Gasteiger partial charge in [0.1, 0.15) is 5.75 Å². The summed E-state index contributed by atoms with van der Waals surface area (Å²) in [5.74, 6) is -0.316. The van der Waals surface area contributed by atoms with Gasteiger partial charge in [-0.2, -0.15) is 0 Å². The lowest BCUT2D eigenvalue weighted by Crippen LogP contribution is -2.48. The number of methoxy groups -OCH3 is 2. The lowest BCUT2D eigenvalue weighted by molar-refractivity contribution is -0.136. The molecule has 174 valence electrons. The molecule has 0 saturated heterocycles. The molecular weight excluding hydrogens is 422 g/mol. The number of amides is 3. The molecule has 3 amide bonds. The van der Waals surface area contributed by atoms with Crippen LogP contribution in [0, 0.1) is 0 Å². The molecule has 1 atom stereocenters. The van der Waals surface area contributed by atoms with Crippen LogP contribution in [0.2, 0.25) is 0 Å². The fourth-order valence-corrected chi connectivity index (χ4v) is 3.78. The van der Waals surface area contributed by atoms with Gasteiger partial charge in [-0.05, 0) is 43.2 Å². The van der Waals surface area contributed by atoms with Gasteiger partial charge >= 0.3 is 12.0 Å². The molecule has 0 spiro atoms. The Hall–Kier alpha value is -3.81. The molecule has 1 aliphatic rings. The van der Waals surface area contributed by atoms with Crippen molar-refractivity contribution in [3.05, 3.63) is 70.9 Å². The summed E-state index contributed by atoms with van der Waals surface area (Å²) in [6.45, 7) is 4.32. The predicted octanol–water partition coefficient (Wildman–Crippen LogP) is 4.26. The smallest absolute Gasteiger partial charge is 0.337 e. The number of urea groups is 1. The highest BCUT2D eigenvalue weighted by Crippen LogP contribution is 2.32. The molecule has 2 aromatic carbocycles. The Labute approximate surface area is 193 Å². The van der Waals surface area contributed by atoms with Crippen LogP contribution in [0.1, 0.15) is 48.7 Å². The Balaban J connectivity index is 1.85. The van der Waals surface area contributed by atoms with E-state index in [0.717, 1.165) is 12.8 Å². The van der Waals surface area contributed by atoms with E-state index < -0.39 is 12.0 Å². The minimum atomic E-state index is -0.651. The number of unbranched alkanes of at least 4 members (excludes halogenated alkanes) is 1. The van der Waals surface area contributed by atoms with E-state index >= 15 is 0 Å². The number of rotatable bonds is 8. The Kier molecular flexibility index (Phi) is 7.71. The van der Waals surface area contributed by atoms with Gasteiger partial charge < -0.3 is 20.1 Å². The van der Waals surface area contributed by atoms with Crippen molar-refractivity contribution in [3.63, 3.8) is 0 Å². The molecular formula is C25H29N3O5. The van der Waals surface area contributed by atoms with Crippen LogP contribution in [0.3, 0.4) is 0 Å². The molecule has 0 radical (unpaired) electrons. The number of esters is 1. The molecule has 3 rings (SSSR count). The number of carbonyl (C=O) groups is 3. The maximum atomic E-state index is 12.7. The fourth-order valence-electron chi connectivity index (χ4n) is 3.78. The molecule has 2 N–H and O–H groups in total. The maximum absolute atomic E-state index is 12.7. The molecule has 0 aliphatic carbocycles. The van der Waals surface area contributed by atoms with E-state index in [-0.39, 0.29) is 11.9 Å². The van der Waals surface area contributed by atoms with Gasteiger partial charge in [0, 0.05) is 17.9 Å². The summed E-state index contributed by atoms with van der Waals surface area (Å²) in [5.41, 5.74) is 2.66. The van der Waals surface area contributed by atoms with Crippen molar-refractivity contribution < 1.29 is 23.9 Å². The third-order valence-electron chi connectivity index (χ3n) is 5.59. The number of allylic oxidation sites excluding steroid dienone is 1. The highest BCUT2D eigenvalue weighted by molar-refractivity contribution is 6.06. The van der Waals surface area contributed by atoms with Gasteiger partial charge in [-0.3, -0.25) is 9.69 Å². The third-order valence-corrected chi connectivity index (χ3v) is 5.59. The van der Waals surface area contributed by atoms with Gasteiger partial charge in [0.25, 0.3) is 5.91 Å². The van der Waals surface area contributed by atoms with Crippen molar-refractivity contribution in [3.8, 4) is 5.75 Å². The average molecular weight is 452 g/mol. The highest BCUT2D eigenvalue weighted by atomic mass is 16.5. The molecule has 0 aromatic heterocycles. The van der Waals surface area contributed by atoms with Crippen LogP contribution in [0.4, 0.5) is 10.5 Å². The zero-order valence-electron chi connectivity index (χ0n) is 19.3. The quantitative estimate of drug-likeness (QED) is 0.585. The van der Waals surface area contributed by atoms with Crippen molar-refractivity contribution >= 4 is 23.6 Å². The zero-order valence-corrected chi connectivity index (χ0v) is 19.3. The zero-order chi connectivity index (χ0) is 24.0. The van der Waals surface area contributed by atoms with Crippen LogP contribution < -0.4 is 15.4 Å². The summed E-state index contributed by atoms with van der Waals surface area (Å²) in [5, 5.41) is 5.75. The number of benzene rings is 2. The van der Waals surface area contributed by atoms with E-state index in [1.165, 1.54) is 14.2 Å². The Morgan fingerprint density at radius 1 is 1.09 bits per heavy atom. The maximum Gasteiger partial charge on any atom is 0.337 e. The first-order valence-corrected chi connectivity index (χ1v) is 10.8. The average Bonchev–Trinajstić information content (AvgIpc) is 2.83. The molecule has 2 aromatic rings. The van der Waals surface area contributed by atoms with Crippen molar-refractivity contribution in [2.75, 3.05) is 26.1 Å². The summed E-state index contributed by atoms with van der Waals surface area (Å²) in [6, 6.07) is 13.0. The van der Waals surface area contributed by atoms with Crippen molar-refractivity contribution in [2.24, 2.45) is 0 Å². The number of para-hydroxylation sites is 1. The number of nitrogens with zero attached hydrogens (tertiary/aromatic N) is 1. The van der Waals surface area contributed by atoms with Gasteiger partial charge in [0.2, 0.25) is 0 Å². The Morgan fingerprint density at radius 2 is 1.79 bits per heavy atom. The van der Waals surface area contributed by atoms with Crippen LogP contribution in [-0.4, -0.2) is 43.6 Å². The first kappa shape index (κ1) is 23.8. The van der Waals surface area contributed by atoms with Crippen molar-refractivity contribution in [1.82, 2.24) is 10.2 Å².